The van der Waals surface area contributed by atoms with Gasteiger partial charge in [0, 0.05) is 22.8 Å². The van der Waals surface area contributed by atoms with Crippen molar-refractivity contribution in [2.45, 2.75) is 38.2 Å². The molecule has 2 aromatic carbocycles. The highest BCUT2D eigenvalue weighted by atomic mass is 35.5. The Bertz CT molecular complexity index is 1200. The molecule has 2 heterocycles. The maximum absolute atomic E-state index is 13.7. The van der Waals surface area contributed by atoms with Crippen LogP contribution in [0.15, 0.2) is 54.6 Å². The van der Waals surface area contributed by atoms with Crippen molar-refractivity contribution in [3.63, 3.8) is 0 Å². The number of nitrogens with zero attached hydrogens (tertiary/aromatic N) is 2. The van der Waals surface area contributed by atoms with Gasteiger partial charge in [0.25, 0.3) is 0 Å². The van der Waals surface area contributed by atoms with E-state index >= 15 is 0 Å². The van der Waals surface area contributed by atoms with E-state index in [1.807, 2.05) is 36.4 Å². The molecule has 1 unspecified atom stereocenters. The first-order chi connectivity index (χ1) is 16.0. The van der Waals surface area contributed by atoms with E-state index in [1.54, 1.807) is 39.0 Å². The quantitative estimate of drug-likeness (QED) is 0.370. The van der Waals surface area contributed by atoms with Gasteiger partial charge in [0.05, 0.1) is 6.42 Å². The molecule has 0 saturated carbocycles. The van der Waals surface area contributed by atoms with Crippen LogP contribution < -0.4 is 4.90 Å². The summed E-state index contributed by atoms with van der Waals surface area (Å²) < 4.78 is 5.37. The van der Waals surface area contributed by atoms with E-state index in [2.05, 4.69) is 0 Å². The fraction of sp³-hybridized carbons (Fsp3) is 0.308. The first-order valence-corrected chi connectivity index (χ1v) is 11.3. The van der Waals surface area contributed by atoms with Crippen molar-refractivity contribution in [3.8, 4) is 0 Å². The lowest BCUT2D eigenvalue weighted by molar-refractivity contribution is -0.154. The molecule has 1 saturated heterocycles. The van der Waals surface area contributed by atoms with Crippen molar-refractivity contribution < 1.29 is 23.9 Å². The molecule has 0 aliphatic carbocycles. The predicted molar refractivity (Wildman–Crippen MR) is 128 cm³/mol. The Morgan fingerprint density at radius 1 is 1.06 bits per heavy atom. The van der Waals surface area contributed by atoms with Crippen molar-refractivity contribution in [2.24, 2.45) is 0 Å². The normalized spacial score (nSPS) is 20.1. The summed E-state index contributed by atoms with van der Waals surface area (Å²) in [6.07, 6.45) is 3.20. The molecule has 8 heteroatoms. The van der Waals surface area contributed by atoms with E-state index in [0.29, 0.717) is 16.3 Å². The van der Waals surface area contributed by atoms with Crippen LogP contribution >= 0.6 is 11.6 Å². The Morgan fingerprint density at radius 3 is 2.41 bits per heavy atom. The molecule has 1 fully saturated rings. The summed E-state index contributed by atoms with van der Waals surface area (Å²) in [6.45, 7) is 4.84. The molecule has 1 spiro atoms. The second-order valence-electron chi connectivity index (χ2n) is 9.34. The van der Waals surface area contributed by atoms with Crippen LogP contribution in [-0.2, 0) is 29.3 Å². The summed E-state index contributed by atoms with van der Waals surface area (Å²) in [6, 6.07) is 14.2. The van der Waals surface area contributed by atoms with Gasteiger partial charge in [0.2, 0.25) is 17.7 Å². The summed E-state index contributed by atoms with van der Waals surface area (Å²) in [7, 11) is 0. The summed E-state index contributed by atoms with van der Waals surface area (Å²) in [5.41, 5.74) is -0.833. The third-order valence-corrected chi connectivity index (χ3v) is 5.99. The number of fused-ring (bicyclic) bond motifs is 2. The molecule has 176 valence electrons. The first kappa shape index (κ1) is 23.7. The Morgan fingerprint density at radius 2 is 1.74 bits per heavy atom. The summed E-state index contributed by atoms with van der Waals surface area (Å²) in [5.74, 6) is -2.31. The second kappa shape index (κ2) is 8.72. The van der Waals surface area contributed by atoms with Gasteiger partial charge in [-0.15, -0.1) is 0 Å². The van der Waals surface area contributed by atoms with Gasteiger partial charge in [0.15, 0.2) is 5.41 Å². The smallest absolute Gasteiger partial charge is 0.326 e. The maximum atomic E-state index is 13.7. The third kappa shape index (κ3) is 4.23. The van der Waals surface area contributed by atoms with Gasteiger partial charge in [-0.25, -0.2) is 0 Å². The molecule has 2 aliphatic heterocycles. The number of carbonyl (C=O) groups excluding carboxylic acids is 4. The SMILES string of the molecule is CC(C)(C)OC(=O)CN1C(=O)C2(CC(=O)N(C/C=C/c3ccccc3)C2=O)c2cc(Cl)ccc21. The van der Waals surface area contributed by atoms with Crippen molar-refractivity contribution >= 4 is 47.1 Å². The van der Waals surface area contributed by atoms with E-state index in [4.69, 9.17) is 16.3 Å². The van der Waals surface area contributed by atoms with Crippen LogP contribution in [0.2, 0.25) is 5.02 Å². The molecule has 2 aromatic rings. The fourth-order valence-electron chi connectivity index (χ4n) is 4.36. The lowest BCUT2D eigenvalue weighted by atomic mass is 9.80. The standard InChI is InChI=1S/C26H25ClN2O5/c1-25(2,3)34-22(31)16-29-20-12-11-18(27)14-19(20)26(24(29)33)15-21(30)28(23(26)32)13-7-10-17-8-5-4-6-9-17/h4-12,14H,13,15-16H2,1-3H3/b10-7+. The van der Waals surface area contributed by atoms with Crippen molar-refractivity contribution in [1.29, 1.82) is 0 Å². The average molecular weight is 481 g/mol. The highest BCUT2D eigenvalue weighted by molar-refractivity contribution is 6.33. The second-order valence-corrected chi connectivity index (χ2v) is 9.78. The van der Waals surface area contributed by atoms with Crippen LogP contribution in [0.5, 0.6) is 0 Å². The van der Waals surface area contributed by atoms with Crippen LogP contribution in [0, 0.1) is 0 Å². The molecule has 0 radical (unpaired) electrons. The highest BCUT2D eigenvalue weighted by Crippen LogP contribution is 2.49. The van der Waals surface area contributed by atoms with E-state index in [0.717, 1.165) is 10.5 Å². The van der Waals surface area contributed by atoms with E-state index in [9.17, 15) is 19.2 Å². The number of likely N-dealkylation sites (tertiary alicyclic amines) is 1. The summed E-state index contributed by atoms with van der Waals surface area (Å²) in [4.78, 5) is 55.0. The van der Waals surface area contributed by atoms with Gasteiger partial charge in [-0.3, -0.25) is 29.0 Å². The minimum Gasteiger partial charge on any atom is -0.459 e. The largest absolute Gasteiger partial charge is 0.459 e. The van der Waals surface area contributed by atoms with Crippen molar-refractivity contribution in [2.75, 3.05) is 18.0 Å². The lowest BCUT2D eigenvalue weighted by Crippen LogP contribution is -2.48. The average Bonchev–Trinajstić information content (AvgIpc) is 3.14. The third-order valence-electron chi connectivity index (χ3n) is 5.75. The predicted octanol–water partition coefficient (Wildman–Crippen LogP) is 3.74. The van der Waals surface area contributed by atoms with Gasteiger partial charge in [-0.05, 0) is 44.5 Å². The lowest BCUT2D eigenvalue weighted by Gasteiger charge is -2.24. The number of amides is 3. The zero-order chi connectivity index (χ0) is 24.7. The van der Waals surface area contributed by atoms with Gasteiger partial charge in [-0.2, -0.15) is 0 Å². The molecule has 3 amide bonds. The maximum Gasteiger partial charge on any atom is 0.326 e. The zero-order valence-corrected chi connectivity index (χ0v) is 20.0. The Balaban J connectivity index is 1.65. The van der Waals surface area contributed by atoms with Gasteiger partial charge in [0.1, 0.15) is 12.1 Å². The van der Waals surface area contributed by atoms with Crippen LogP contribution in [0.4, 0.5) is 5.69 Å². The number of imide groups is 1. The molecule has 34 heavy (non-hydrogen) atoms. The molecular weight excluding hydrogens is 456 g/mol. The van der Waals surface area contributed by atoms with Crippen LogP contribution in [-0.4, -0.2) is 47.3 Å². The van der Waals surface area contributed by atoms with Gasteiger partial charge < -0.3 is 4.74 Å². The van der Waals surface area contributed by atoms with Crippen LogP contribution in [0.25, 0.3) is 6.08 Å². The number of halogens is 1. The number of esters is 1. The molecule has 2 aliphatic rings. The highest BCUT2D eigenvalue weighted by Gasteiger charge is 2.63. The Labute approximate surface area is 202 Å². The van der Waals surface area contributed by atoms with Crippen molar-refractivity contribution in [1.82, 2.24) is 4.90 Å². The number of rotatable bonds is 5. The molecular formula is C26H25ClN2O5. The number of anilines is 1. The minimum atomic E-state index is -1.74. The molecule has 7 nitrogen and oxygen atoms in total. The minimum absolute atomic E-state index is 0.0313. The monoisotopic (exact) mass is 480 g/mol. The number of benzene rings is 2. The van der Waals surface area contributed by atoms with E-state index in [1.165, 1.54) is 11.0 Å². The molecule has 4 rings (SSSR count). The number of hydrogen-bond acceptors (Lipinski definition) is 5. The number of hydrogen-bond donors (Lipinski definition) is 0. The van der Waals surface area contributed by atoms with E-state index < -0.39 is 34.7 Å². The first-order valence-electron chi connectivity index (χ1n) is 10.9. The van der Waals surface area contributed by atoms with Crippen LogP contribution in [0.3, 0.4) is 0 Å². The molecule has 1 atom stereocenters. The topological polar surface area (TPSA) is 84.0 Å². The van der Waals surface area contributed by atoms with Crippen molar-refractivity contribution in [3.05, 3.63) is 70.8 Å². The molecule has 0 aromatic heterocycles. The molecule has 0 bridgehead atoms. The Kier molecular flexibility index (Phi) is 6.08. The fourth-order valence-corrected chi connectivity index (χ4v) is 4.53. The summed E-state index contributed by atoms with van der Waals surface area (Å²) >= 11 is 6.20. The zero-order valence-electron chi connectivity index (χ0n) is 19.2. The summed E-state index contributed by atoms with van der Waals surface area (Å²) in [5, 5.41) is 0.327. The van der Waals surface area contributed by atoms with Gasteiger partial charge in [-0.1, -0.05) is 54.1 Å². The number of carbonyl (C=O) groups is 4. The van der Waals surface area contributed by atoms with Crippen LogP contribution in [0.1, 0.15) is 38.3 Å². The molecule has 0 N–H and O–H groups in total. The number of ether oxygens (including phenoxy) is 1. The Hall–Kier alpha value is -3.45. The van der Waals surface area contributed by atoms with E-state index in [-0.39, 0.29) is 19.5 Å². The van der Waals surface area contributed by atoms with Gasteiger partial charge >= 0.3 is 5.97 Å².